The SMILES string of the molecule is CCOC(=O)C1NC1CCc1ccc(OC)c(OC)c1. The molecule has 0 amide bonds. The summed E-state index contributed by atoms with van der Waals surface area (Å²) in [5.41, 5.74) is 1.17. The molecular weight excluding hydrogens is 258 g/mol. The minimum atomic E-state index is -0.148. The topological polar surface area (TPSA) is 66.7 Å². The van der Waals surface area contributed by atoms with E-state index in [-0.39, 0.29) is 18.1 Å². The van der Waals surface area contributed by atoms with Crippen molar-refractivity contribution in [2.45, 2.75) is 31.8 Å². The largest absolute Gasteiger partial charge is 0.493 e. The van der Waals surface area contributed by atoms with Crippen LogP contribution in [0, 0.1) is 0 Å². The van der Waals surface area contributed by atoms with E-state index in [4.69, 9.17) is 14.2 Å². The van der Waals surface area contributed by atoms with E-state index in [1.807, 2.05) is 25.1 Å². The monoisotopic (exact) mass is 279 g/mol. The van der Waals surface area contributed by atoms with Gasteiger partial charge in [0.1, 0.15) is 6.04 Å². The summed E-state index contributed by atoms with van der Waals surface area (Å²) in [6, 6.07) is 5.98. The lowest BCUT2D eigenvalue weighted by molar-refractivity contribution is -0.142. The molecule has 1 aromatic rings. The van der Waals surface area contributed by atoms with Crippen molar-refractivity contribution in [3.05, 3.63) is 23.8 Å². The Labute approximate surface area is 119 Å². The number of hydrogen-bond donors (Lipinski definition) is 1. The smallest absolute Gasteiger partial charge is 0.324 e. The standard InChI is InChI=1S/C15H21NO4/c1-4-20-15(17)14-11(16-14)7-5-10-6-8-12(18-2)13(9-10)19-3/h6,8-9,11,14,16H,4-5,7H2,1-3H3. The molecule has 1 aliphatic heterocycles. The van der Waals surface area contributed by atoms with Gasteiger partial charge in [0.2, 0.25) is 0 Å². The van der Waals surface area contributed by atoms with E-state index in [2.05, 4.69) is 5.32 Å². The van der Waals surface area contributed by atoms with Gasteiger partial charge in [-0.15, -0.1) is 0 Å². The second-order valence-corrected chi connectivity index (χ2v) is 4.73. The molecule has 0 spiro atoms. The minimum Gasteiger partial charge on any atom is -0.493 e. The highest BCUT2D eigenvalue weighted by molar-refractivity contribution is 5.80. The third-order valence-electron chi connectivity index (χ3n) is 3.42. The van der Waals surface area contributed by atoms with Crippen molar-refractivity contribution in [2.24, 2.45) is 0 Å². The number of benzene rings is 1. The highest BCUT2D eigenvalue weighted by atomic mass is 16.5. The Morgan fingerprint density at radius 1 is 1.25 bits per heavy atom. The molecule has 0 saturated carbocycles. The van der Waals surface area contributed by atoms with Gasteiger partial charge in [-0.25, -0.2) is 0 Å². The molecule has 0 radical (unpaired) electrons. The van der Waals surface area contributed by atoms with Crippen molar-refractivity contribution in [2.75, 3.05) is 20.8 Å². The van der Waals surface area contributed by atoms with Gasteiger partial charge in [-0.2, -0.15) is 0 Å². The van der Waals surface area contributed by atoms with Gasteiger partial charge in [0.25, 0.3) is 0 Å². The van der Waals surface area contributed by atoms with Crippen LogP contribution in [-0.2, 0) is 16.0 Å². The van der Waals surface area contributed by atoms with Crippen LogP contribution in [-0.4, -0.2) is 38.9 Å². The van der Waals surface area contributed by atoms with Crippen molar-refractivity contribution in [3.8, 4) is 11.5 Å². The maximum absolute atomic E-state index is 11.5. The van der Waals surface area contributed by atoms with E-state index >= 15 is 0 Å². The predicted octanol–water partition coefficient (Wildman–Crippen LogP) is 1.54. The molecule has 110 valence electrons. The molecule has 1 saturated heterocycles. The van der Waals surface area contributed by atoms with E-state index in [0.717, 1.165) is 24.3 Å². The molecule has 0 aromatic heterocycles. The summed E-state index contributed by atoms with van der Waals surface area (Å²) in [5.74, 6) is 1.31. The average molecular weight is 279 g/mol. The van der Waals surface area contributed by atoms with Crippen LogP contribution >= 0.6 is 0 Å². The number of ether oxygens (including phenoxy) is 3. The Kier molecular flexibility index (Phi) is 4.84. The van der Waals surface area contributed by atoms with Crippen LogP contribution in [0.15, 0.2) is 18.2 Å². The Morgan fingerprint density at radius 3 is 2.65 bits per heavy atom. The summed E-state index contributed by atoms with van der Waals surface area (Å²) in [6.45, 7) is 2.25. The van der Waals surface area contributed by atoms with Crippen LogP contribution in [0.1, 0.15) is 18.9 Å². The normalized spacial score (nSPS) is 20.4. The summed E-state index contributed by atoms with van der Waals surface area (Å²) in [5, 5.41) is 3.14. The maximum atomic E-state index is 11.5. The van der Waals surface area contributed by atoms with E-state index in [0.29, 0.717) is 6.61 Å². The molecular formula is C15H21NO4. The summed E-state index contributed by atoms with van der Waals surface area (Å²) >= 11 is 0. The first kappa shape index (κ1) is 14.7. The summed E-state index contributed by atoms with van der Waals surface area (Å²) in [6.07, 6.45) is 1.78. The predicted molar refractivity (Wildman–Crippen MR) is 75.2 cm³/mol. The average Bonchev–Trinajstić information content (AvgIpc) is 3.24. The van der Waals surface area contributed by atoms with Crippen LogP contribution in [0.2, 0.25) is 0 Å². The number of carbonyl (C=O) groups is 1. The number of esters is 1. The fraction of sp³-hybridized carbons (Fsp3) is 0.533. The van der Waals surface area contributed by atoms with Gasteiger partial charge in [0.15, 0.2) is 11.5 Å². The second-order valence-electron chi connectivity index (χ2n) is 4.73. The summed E-state index contributed by atoms with van der Waals surface area (Å²) in [7, 11) is 3.25. The van der Waals surface area contributed by atoms with Crippen molar-refractivity contribution in [1.82, 2.24) is 5.32 Å². The number of methoxy groups -OCH3 is 2. The van der Waals surface area contributed by atoms with E-state index in [1.54, 1.807) is 14.2 Å². The van der Waals surface area contributed by atoms with Crippen LogP contribution in [0.4, 0.5) is 0 Å². The van der Waals surface area contributed by atoms with Crippen molar-refractivity contribution >= 4 is 5.97 Å². The molecule has 1 heterocycles. The molecule has 0 bridgehead atoms. The molecule has 5 nitrogen and oxygen atoms in total. The van der Waals surface area contributed by atoms with Gasteiger partial charge >= 0.3 is 5.97 Å². The molecule has 1 aliphatic rings. The fourth-order valence-corrected chi connectivity index (χ4v) is 2.25. The van der Waals surface area contributed by atoms with Crippen molar-refractivity contribution < 1.29 is 19.0 Å². The van der Waals surface area contributed by atoms with Crippen molar-refractivity contribution in [1.29, 1.82) is 0 Å². The van der Waals surface area contributed by atoms with E-state index < -0.39 is 0 Å². The van der Waals surface area contributed by atoms with Crippen LogP contribution in [0.3, 0.4) is 0 Å². The quantitative estimate of drug-likeness (QED) is 0.606. The van der Waals surface area contributed by atoms with Crippen molar-refractivity contribution in [3.63, 3.8) is 0 Å². The van der Waals surface area contributed by atoms with Gasteiger partial charge in [0.05, 0.1) is 20.8 Å². The lowest BCUT2D eigenvalue weighted by atomic mass is 10.1. The molecule has 20 heavy (non-hydrogen) atoms. The highest BCUT2D eigenvalue weighted by Gasteiger charge is 2.42. The zero-order valence-electron chi connectivity index (χ0n) is 12.1. The molecule has 1 aromatic carbocycles. The molecule has 2 unspecified atom stereocenters. The molecule has 2 atom stereocenters. The minimum absolute atomic E-state index is 0.130. The number of rotatable bonds is 7. The summed E-state index contributed by atoms with van der Waals surface area (Å²) < 4.78 is 15.5. The third kappa shape index (κ3) is 3.42. The zero-order chi connectivity index (χ0) is 14.5. The van der Waals surface area contributed by atoms with Gasteiger partial charge in [0, 0.05) is 6.04 Å². The van der Waals surface area contributed by atoms with Crippen LogP contribution in [0.5, 0.6) is 11.5 Å². The van der Waals surface area contributed by atoms with E-state index in [9.17, 15) is 4.79 Å². The lowest BCUT2D eigenvalue weighted by Gasteiger charge is -2.09. The van der Waals surface area contributed by atoms with Gasteiger partial charge in [-0.3, -0.25) is 10.1 Å². The number of nitrogens with one attached hydrogen (secondary N) is 1. The lowest BCUT2D eigenvalue weighted by Crippen LogP contribution is -2.15. The molecule has 0 aliphatic carbocycles. The van der Waals surface area contributed by atoms with Gasteiger partial charge in [-0.1, -0.05) is 6.07 Å². The first-order chi connectivity index (χ1) is 9.69. The fourth-order valence-electron chi connectivity index (χ4n) is 2.25. The second kappa shape index (κ2) is 6.61. The Morgan fingerprint density at radius 2 is 2.00 bits per heavy atom. The molecule has 5 heteroatoms. The van der Waals surface area contributed by atoms with Gasteiger partial charge < -0.3 is 14.2 Å². The number of carbonyl (C=O) groups excluding carboxylic acids is 1. The summed E-state index contributed by atoms with van der Waals surface area (Å²) in [4.78, 5) is 11.5. The Balaban J connectivity index is 1.85. The zero-order valence-corrected chi connectivity index (χ0v) is 12.1. The van der Waals surface area contributed by atoms with Crippen LogP contribution < -0.4 is 14.8 Å². The first-order valence-corrected chi connectivity index (χ1v) is 6.83. The molecule has 1 fully saturated rings. The number of hydrogen-bond acceptors (Lipinski definition) is 5. The number of aryl methyl sites for hydroxylation is 1. The Hall–Kier alpha value is -1.75. The van der Waals surface area contributed by atoms with Crippen LogP contribution in [0.25, 0.3) is 0 Å². The maximum Gasteiger partial charge on any atom is 0.324 e. The van der Waals surface area contributed by atoms with E-state index in [1.165, 1.54) is 5.56 Å². The highest BCUT2D eigenvalue weighted by Crippen LogP contribution is 2.29. The first-order valence-electron chi connectivity index (χ1n) is 6.83. The molecule has 2 rings (SSSR count). The Bertz CT molecular complexity index is 475. The van der Waals surface area contributed by atoms with Gasteiger partial charge in [-0.05, 0) is 37.5 Å². The third-order valence-corrected chi connectivity index (χ3v) is 3.42. The molecule has 1 N–H and O–H groups in total.